The fourth-order valence-corrected chi connectivity index (χ4v) is 7.36. The second-order valence-electron chi connectivity index (χ2n) is 12.2. The van der Waals surface area contributed by atoms with Crippen LogP contribution in [-0.2, 0) is 22.3 Å². The maximum atomic E-state index is 5.91. The lowest BCUT2D eigenvalue weighted by atomic mass is 9.87. The Morgan fingerprint density at radius 3 is 2.39 bits per heavy atom. The molecule has 3 aliphatic rings. The van der Waals surface area contributed by atoms with Gasteiger partial charge >= 0.3 is 0 Å². The van der Waals surface area contributed by atoms with Gasteiger partial charge in [0.2, 0.25) is 0 Å². The molecule has 2 fully saturated rings. The highest BCUT2D eigenvalue weighted by Gasteiger charge is 2.45. The zero-order valence-corrected chi connectivity index (χ0v) is 25.0. The van der Waals surface area contributed by atoms with Crippen LogP contribution in [0.5, 0.6) is 5.75 Å². The van der Waals surface area contributed by atoms with Crippen molar-refractivity contribution >= 4 is 11.0 Å². The van der Waals surface area contributed by atoms with Gasteiger partial charge in [-0.05, 0) is 67.0 Å². The Hall–Kier alpha value is -4.11. The highest BCUT2D eigenvalue weighted by atomic mass is 16.5. The fourth-order valence-electron chi connectivity index (χ4n) is 7.36. The lowest BCUT2D eigenvalue weighted by Gasteiger charge is -2.56. The van der Waals surface area contributed by atoms with Gasteiger partial charge in [-0.3, -0.25) is 15.0 Å². The van der Waals surface area contributed by atoms with E-state index in [4.69, 9.17) is 19.2 Å². The first-order valence-corrected chi connectivity index (χ1v) is 15.7. The Kier molecular flexibility index (Phi) is 7.34. The minimum absolute atomic E-state index is 0.474. The molecule has 0 saturated carbocycles. The van der Waals surface area contributed by atoms with E-state index in [1.807, 2.05) is 18.3 Å². The van der Waals surface area contributed by atoms with Crippen molar-refractivity contribution < 1.29 is 14.2 Å². The maximum Gasteiger partial charge on any atom is 0.155 e. The molecule has 2 unspecified atom stereocenters. The summed E-state index contributed by atoms with van der Waals surface area (Å²) in [6.07, 6.45) is 9.80. The summed E-state index contributed by atoms with van der Waals surface area (Å²) < 4.78 is 16.8. The van der Waals surface area contributed by atoms with Crippen molar-refractivity contribution in [3.8, 4) is 39.4 Å². The van der Waals surface area contributed by atoms with E-state index in [0.29, 0.717) is 31.3 Å². The molecule has 0 spiro atoms. The Morgan fingerprint density at radius 2 is 1.59 bits per heavy atom. The van der Waals surface area contributed by atoms with Crippen LogP contribution in [0.15, 0.2) is 73.1 Å². The molecule has 1 aliphatic carbocycles. The standard InChI is InChI=1S/C36H37N5O3/c1-42-15-16-44-33-3-2-14-37-35(33)25-7-5-24(6-8-25)34-32-18-28(20-38-36(32)40-39-34)27-9-4-23-10-12-29(13-11-26(23)17-27)41-30-19-31(41)22-43-21-30/h2-9,14,17-18,20,29-31H,10-13,15-16,19,21-22H2,1H3,(H,38,39,40)/t29-,30?,31?/m0/s1. The third-order valence-corrected chi connectivity index (χ3v) is 9.63. The van der Waals surface area contributed by atoms with Crippen LogP contribution in [0.2, 0.25) is 0 Å². The second-order valence-corrected chi connectivity index (χ2v) is 12.2. The highest BCUT2D eigenvalue weighted by molar-refractivity contribution is 5.93. The molecule has 3 atom stereocenters. The van der Waals surface area contributed by atoms with Crippen molar-refractivity contribution in [3.63, 3.8) is 0 Å². The second kappa shape index (κ2) is 11.8. The minimum Gasteiger partial charge on any atom is -0.489 e. The molecule has 224 valence electrons. The molecular weight excluding hydrogens is 550 g/mol. The fraction of sp³-hybridized carbons (Fsp3) is 0.361. The number of aromatic amines is 1. The number of ether oxygens (including phenoxy) is 3. The Labute approximate surface area is 257 Å². The van der Waals surface area contributed by atoms with Crippen LogP contribution in [0.4, 0.5) is 0 Å². The van der Waals surface area contributed by atoms with Crippen LogP contribution in [-0.4, -0.2) is 76.7 Å². The van der Waals surface area contributed by atoms with E-state index in [9.17, 15) is 0 Å². The van der Waals surface area contributed by atoms with Gasteiger partial charge in [0, 0.05) is 59.7 Å². The molecular formula is C36H37N5O3. The number of nitrogens with zero attached hydrogens (tertiary/aromatic N) is 4. The molecule has 2 aliphatic heterocycles. The van der Waals surface area contributed by atoms with Crippen LogP contribution in [0.25, 0.3) is 44.7 Å². The molecule has 8 nitrogen and oxygen atoms in total. The van der Waals surface area contributed by atoms with Gasteiger partial charge in [0.1, 0.15) is 23.7 Å². The summed E-state index contributed by atoms with van der Waals surface area (Å²) in [6, 6.07) is 23.3. The molecule has 1 N–H and O–H groups in total. The number of benzene rings is 2. The SMILES string of the molecule is COCCOc1cccnc1-c1ccc(-c2n[nH]c3ncc(-c4ccc5c(c4)CC[C@@H](N4C6COCC4C6)CC5)cc23)cc1. The van der Waals surface area contributed by atoms with Crippen molar-refractivity contribution in [2.75, 3.05) is 33.5 Å². The van der Waals surface area contributed by atoms with Gasteiger partial charge in [0.15, 0.2) is 5.65 Å². The van der Waals surface area contributed by atoms with Gasteiger partial charge in [-0.15, -0.1) is 0 Å². The summed E-state index contributed by atoms with van der Waals surface area (Å²) in [7, 11) is 1.67. The van der Waals surface area contributed by atoms with Crippen molar-refractivity contribution in [1.29, 1.82) is 0 Å². The Morgan fingerprint density at radius 1 is 0.818 bits per heavy atom. The molecule has 2 saturated heterocycles. The van der Waals surface area contributed by atoms with E-state index in [1.54, 1.807) is 13.3 Å². The Balaban J connectivity index is 1.03. The number of methoxy groups -OCH3 is 1. The van der Waals surface area contributed by atoms with Gasteiger partial charge in [0.05, 0.1) is 19.8 Å². The number of morpholine rings is 1. The summed E-state index contributed by atoms with van der Waals surface area (Å²) >= 11 is 0. The number of fused-ring (bicyclic) bond motifs is 4. The van der Waals surface area contributed by atoms with Crippen molar-refractivity contribution in [2.24, 2.45) is 0 Å². The summed E-state index contributed by atoms with van der Waals surface area (Å²) in [5.41, 5.74) is 9.79. The Bertz CT molecular complexity index is 1770. The number of hydrogen-bond donors (Lipinski definition) is 1. The zero-order valence-electron chi connectivity index (χ0n) is 25.0. The summed E-state index contributed by atoms with van der Waals surface area (Å²) in [6.45, 7) is 2.82. The number of H-pyrrole nitrogens is 1. The number of hydrogen-bond acceptors (Lipinski definition) is 7. The normalized spacial score (nSPS) is 21.4. The average molecular weight is 588 g/mol. The monoisotopic (exact) mass is 587 g/mol. The number of aryl methyl sites for hydroxylation is 2. The largest absolute Gasteiger partial charge is 0.489 e. The third-order valence-electron chi connectivity index (χ3n) is 9.63. The minimum atomic E-state index is 0.474. The number of rotatable bonds is 8. The van der Waals surface area contributed by atoms with Crippen molar-refractivity contribution in [3.05, 3.63) is 84.2 Å². The van der Waals surface area contributed by atoms with E-state index in [-0.39, 0.29) is 0 Å². The molecule has 8 heteroatoms. The topological polar surface area (TPSA) is 85.4 Å². The molecule has 8 rings (SSSR count). The van der Waals surface area contributed by atoms with Crippen LogP contribution in [0, 0.1) is 0 Å². The van der Waals surface area contributed by atoms with E-state index in [0.717, 1.165) is 70.9 Å². The van der Waals surface area contributed by atoms with E-state index in [2.05, 4.69) is 68.6 Å². The smallest absolute Gasteiger partial charge is 0.155 e. The van der Waals surface area contributed by atoms with E-state index < -0.39 is 0 Å². The molecule has 3 aromatic heterocycles. The molecule has 2 bridgehead atoms. The predicted octanol–water partition coefficient (Wildman–Crippen LogP) is 6.10. The lowest BCUT2D eigenvalue weighted by Crippen LogP contribution is -2.66. The molecule has 44 heavy (non-hydrogen) atoms. The van der Waals surface area contributed by atoms with Gasteiger partial charge < -0.3 is 14.2 Å². The van der Waals surface area contributed by atoms with Crippen LogP contribution in [0.3, 0.4) is 0 Å². The van der Waals surface area contributed by atoms with Gasteiger partial charge in [-0.25, -0.2) is 4.98 Å². The first-order chi connectivity index (χ1) is 21.7. The molecule has 0 radical (unpaired) electrons. The first-order valence-electron chi connectivity index (χ1n) is 15.7. The highest BCUT2D eigenvalue weighted by Crippen LogP contribution is 2.38. The van der Waals surface area contributed by atoms with Gasteiger partial charge in [-0.1, -0.05) is 42.5 Å². The van der Waals surface area contributed by atoms with Crippen molar-refractivity contribution in [1.82, 2.24) is 25.1 Å². The number of pyridine rings is 2. The predicted molar refractivity (Wildman–Crippen MR) is 171 cm³/mol. The molecule has 5 heterocycles. The van der Waals surface area contributed by atoms with Crippen LogP contribution >= 0.6 is 0 Å². The summed E-state index contributed by atoms with van der Waals surface area (Å²) in [4.78, 5) is 12.1. The van der Waals surface area contributed by atoms with Gasteiger partial charge in [-0.2, -0.15) is 5.10 Å². The third kappa shape index (κ3) is 5.07. The first kappa shape index (κ1) is 27.4. The number of nitrogens with one attached hydrogen (secondary N) is 1. The summed E-state index contributed by atoms with van der Waals surface area (Å²) in [5.74, 6) is 0.741. The quantitative estimate of drug-likeness (QED) is 0.173. The van der Waals surface area contributed by atoms with Crippen LogP contribution in [0.1, 0.15) is 30.4 Å². The van der Waals surface area contributed by atoms with Crippen LogP contribution < -0.4 is 4.74 Å². The number of aromatic nitrogens is 4. The van der Waals surface area contributed by atoms with Gasteiger partial charge in [0.25, 0.3) is 0 Å². The van der Waals surface area contributed by atoms with Crippen molar-refractivity contribution in [2.45, 2.75) is 50.2 Å². The summed E-state index contributed by atoms with van der Waals surface area (Å²) in [5, 5.41) is 8.80. The average Bonchev–Trinajstić information content (AvgIpc) is 3.39. The van der Waals surface area contributed by atoms with E-state index in [1.165, 1.54) is 36.0 Å². The lowest BCUT2D eigenvalue weighted by molar-refractivity contribution is -0.148. The zero-order chi connectivity index (χ0) is 29.5. The van der Waals surface area contributed by atoms with E-state index >= 15 is 0 Å². The maximum absolute atomic E-state index is 5.91. The molecule has 5 aromatic rings. The molecule has 0 amide bonds. The molecule has 2 aromatic carbocycles.